The second-order valence-electron chi connectivity index (χ2n) is 4.91. The summed E-state index contributed by atoms with van der Waals surface area (Å²) in [7, 11) is 0. The van der Waals surface area contributed by atoms with Crippen LogP contribution in [0.5, 0.6) is 0 Å². The third-order valence-corrected chi connectivity index (χ3v) is 2.95. The Morgan fingerprint density at radius 2 is 1.90 bits per heavy atom. The molecule has 0 bridgehead atoms. The van der Waals surface area contributed by atoms with E-state index in [1.54, 1.807) is 0 Å². The van der Waals surface area contributed by atoms with Crippen LogP contribution in [0, 0.1) is 17.3 Å². The van der Waals surface area contributed by atoms with Crippen LogP contribution in [-0.2, 0) is 0 Å². The maximum absolute atomic E-state index is 2.40. The first kappa shape index (κ1) is 8.10. The quantitative estimate of drug-likeness (QED) is 0.523. The first-order chi connectivity index (χ1) is 4.51. The maximum atomic E-state index is 2.40. The molecule has 0 amide bonds. The minimum absolute atomic E-state index is 0.648. The summed E-state index contributed by atoms with van der Waals surface area (Å²) in [6, 6.07) is 0. The Bertz CT molecular complexity index is 111. The molecular weight excluding hydrogens is 120 g/mol. The Hall–Kier alpha value is 0. The Labute approximate surface area is 65.0 Å². The average Bonchev–Trinajstić information content (AvgIpc) is 2.10. The van der Waals surface area contributed by atoms with E-state index in [1.165, 1.54) is 19.3 Å². The van der Waals surface area contributed by atoms with Crippen LogP contribution in [0.4, 0.5) is 0 Å². The predicted octanol–water partition coefficient (Wildman–Crippen LogP) is 3.47. The lowest BCUT2D eigenvalue weighted by molar-refractivity contribution is 0.322. The standard InChI is InChI=1S/C10H20/c1-8(2)9-5-6-10(3,4)7-9/h8-9H,5-7H2,1-4H3/t9-/m1/s1. The summed E-state index contributed by atoms with van der Waals surface area (Å²) in [6.45, 7) is 9.50. The first-order valence-corrected chi connectivity index (χ1v) is 4.51. The molecule has 0 unspecified atom stereocenters. The van der Waals surface area contributed by atoms with Gasteiger partial charge in [0.15, 0.2) is 0 Å². The molecule has 0 aliphatic heterocycles. The molecule has 60 valence electrons. The van der Waals surface area contributed by atoms with Crippen molar-refractivity contribution in [2.24, 2.45) is 17.3 Å². The fraction of sp³-hybridized carbons (Fsp3) is 1.00. The fourth-order valence-electron chi connectivity index (χ4n) is 2.06. The van der Waals surface area contributed by atoms with E-state index in [4.69, 9.17) is 0 Å². The summed E-state index contributed by atoms with van der Waals surface area (Å²) in [5.41, 5.74) is 0.648. The average molecular weight is 140 g/mol. The van der Waals surface area contributed by atoms with Gasteiger partial charge >= 0.3 is 0 Å². The molecule has 1 aliphatic carbocycles. The minimum Gasteiger partial charge on any atom is -0.0625 e. The normalized spacial score (nSPS) is 31.5. The molecule has 0 aromatic carbocycles. The van der Waals surface area contributed by atoms with Crippen LogP contribution in [-0.4, -0.2) is 0 Å². The predicted molar refractivity (Wildman–Crippen MR) is 46.0 cm³/mol. The molecule has 0 heteroatoms. The monoisotopic (exact) mass is 140 g/mol. The SMILES string of the molecule is CC(C)[C@@H]1CCC(C)(C)C1. The van der Waals surface area contributed by atoms with E-state index in [2.05, 4.69) is 27.7 Å². The van der Waals surface area contributed by atoms with Gasteiger partial charge in [0.1, 0.15) is 0 Å². The van der Waals surface area contributed by atoms with Crippen molar-refractivity contribution in [1.82, 2.24) is 0 Å². The van der Waals surface area contributed by atoms with Crippen molar-refractivity contribution in [1.29, 1.82) is 0 Å². The highest BCUT2D eigenvalue weighted by atomic mass is 14.4. The second kappa shape index (κ2) is 2.56. The van der Waals surface area contributed by atoms with E-state index in [9.17, 15) is 0 Å². The molecule has 0 aromatic heterocycles. The largest absolute Gasteiger partial charge is 0.0625 e. The summed E-state index contributed by atoms with van der Waals surface area (Å²) in [6.07, 6.45) is 4.35. The number of hydrogen-bond donors (Lipinski definition) is 0. The van der Waals surface area contributed by atoms with Gasteiger partial charge in [-0.05, 0) is 36.5 Å². The van der Waals surface area contributed by atoms with Gasteiger partial charge < -0.3 is 0 Å². The molecule has 0 spiro atoms. The van der Waals surface area contributed by atoms with Gasteiger partial charge in [-0.1, -0.05) is 27.7 Å². The molecule has 1 saturated carbocycles. The van der Waals surface area contributed by atoms with Crippen LogP contribution in [0.15, 0.2) is 0 Å². The van der Waals surface area contributed by atoms with Crippen molar-refractivity contribution in [3.8, 4) is 0 Å². The van der Waals surface area contributed by atoms with Crippen LogP contribution in [0.3, 0.4) is 0 Å². The van der Waals surface area contributed by atoms with Crippen molar-refractivity contribution in [2.75, 3.05) is 0 Å². The zero-order valence-electron chi connectivity index (χ0n) is 7.78. The third kappa shape index (κ3) is 1.74. The molecule has 0 radical (unpaired) electrons. The molecule has 0 heterocycles. The summed E-state index contributed by atoms with van der Waals surface area (Å²) >= 11 is 0. The molecule has 1 aliphatic rings. The zero-order valence-corrected chi connectivity index (χ0v) is 7.78. The molecular formula is C10H20. The highest BCUT2D eigenvalue weighted by Crippen LogP contribution is 2.43. The van der Waals surface area contributed by atoms with Crippen LogP contribution in [0.2, 0.25) is 0 Å². The third-order valence-electron chi connectivity index (χ3n) is 2.95. The zero-order chi connectivity index (χ0) is 7.78. The van der Waals surface area contributed by atoms with E-state index < -0.39 is 0 Å². The van der Waals surface area contributed by atoms with Gasteiger partial charge in [0.25, 0.3) is 0 Å². The minimum atomic E-state index is 0.648. The molecule has 0 aromatic rings. The van der Waals surface area contributed by atoms with Gasteiger partial charge in [-0.2, -0.15) is 0 Å². The van der Waals surface area contributed by atoms with Gasteiger partial charge in [-0.25, -0.2) is 0 Å². The van der Waals surface area contributed by atoms with Gasteiger partial charge in [0.2, 0.25) is 0 Å². The topological polar surface area (TPSA) is 0 Å². The van der Waals surface area contributed by atoms with Crippen molar-refractivity contribution >= 4 is 0 Å². The molecule has 1 atom stereocenters. The highest BCUT2D eigenvalue weighted by molar-refractivity contribution is 4.83. The summed E-state index contributed by atoms with van der Waals surface area (Å²) < 4.78 is 0. The van der Waals surface area contributed by atoms with E-state index in [0.717, 1.165) is 11.8 Å². The number of rotatable bonds is 1. The second-order valence-corrected chi connectivity index (χ2v) is 4.91. The van der Waals surface area contributed by atoms with Crippen molar-refractivity contribution in [2.45, 2.75) is 47.0 Å². The summed E-state index contributed by atoms with van der Waals surface area (Å²) in [5.74, 6) is 1.91. The Morgan fingerprint density at radius 1 is 1.30 bits per heavy atom. The Balaban J connectivity index is 2.43. The highest BCUT2D eigenvalue weighted by Gasteiger charge is 2.31. The Morgan fingerprint density at radius 3 is 2.10 bits per heavy atom. The van der Waals surface area contributed by atoms with Crippen LogP contribution in [0.1, 0.15) is 47.0 Å². The van der Waals surface area contributed by atoms with Crippen LogP contribution >= 0.6 is 0 Å². The van der Waals surface area contributed by atoms with Crippen molar-refractivity contribution < 1.29 is 0 Å². The van der Waals surface area contributed by atoms with E-state index in [1.807, 2.05) is 0 Å². The fourth-order valence-corrected chi connectivity index (χ4v) is 2.06. The summed E-state index contributed by atoms with van der Waals surface area (Å²) in [5, 5.41) is 0. The van der Waals surface area contributed by atoms with Crippen molar-refractivity contribution in [3.05, 3.63) is 0 Å². The molecule has 1 rings (SSSR count). The van der Waals surface area contributed by atoms with Crippen LogP contribution < -0.4 is 0 Å². The summed E-state index contributed by atoms with van der Waals surface area (Å²) in [4.78, 5) is 0. The van der Waals surface area contributed by atoms with Gasteiger partial charge in [0, 0.05) is 0 Å². The Kier molecular flexibility index (Phi) is 2.07. The molecule has 0 N–H and O–H groups in total. The lowest BCUT2D eigenvalue weighted by Gasteiger charge is -2.18. The molecule has 0 saturated heterocycles. The van der Waals surface area contributed by atoms with Gasteiger partial charge in [-0.15, -0.1) is 0 Å². The van der Waals surface area contributed by atoms with Gasteiger partial charge in [0.05, 0.1) is 0 Å². The smallest absolute Gasteiger partial charge is 0.0351 e. The maximum Gasteiger partial charge on any atom is -0.0351 e. The van der Waals surface area contributed by atoms with E-state index in [-0.39, 0.29) is 0 Å². The van der Waals surface area contributed by atoms with E-state index in [0.29, 0.717) is 5.41 Å². The lowest BCUT2D eigenvalue weighted by atomic mass is 9.87. The first-order valence-electron chi connectivity index (χ1n) is 4.51. The van der Waals surface area contributed by atoms with E-state index >= 15 is 0 Å². The van der Waals surface area contributed by atoms with Crippen LogP contribution in [0.25, 0.3) is 0 Å². The molecule has 1 fully saturated rings. The van der Waals surface area contributed by atoms with Crippen molar-refractivity contribution in [3.63, 3.8) is 0 Å². The molecule has 0 nitrogen and oxygen atoms in total. The lowest BCUT2D eigenvalue weighted by Crippen LogP contribution is -2.08. The molecule has 10 heavy (non-hydrogen) atoms. The number of hydrogen-bond acceptors (Lipinski definition) is 0. The van der Waals surface area contributed by atoms with Gasteiger partial charge in [-0.3, -0.25) is 0 Å².